The van der Waals surface area contributed by atoms with Crippen molar-refractivity contribution in [3.8, 4) is 33.5 Å². The molecule has 2 nitrogen and oxygen atoms in total. The minimum Gasteiger partial charge on any atom is -0.397 e. The van der Waals surface area contributed by atoms with Crippen molar-refractivity contribution in [3.63, 3.8) is 0 Å². The summed E-state index contributed by atoms with van der Waals surface area (Å²) < 4.78 is 4.04. The van der Waals surface area contributed by atoms with E-state index in [9.17, 15) is 0 Å². The molecule has 0 bridgehead atoms. The van der Waals surface area contributed by atoms with Gasteiger partial charge in [0.05, 0.1) is 11.4 Å². The minimum absolute atomic E-state index is 0.853. The molecule has 5 heteroatoms. The topological polar surface area (TPSA) is 17.3 Å². The maximum Gasteiger partial charge on any atom is 0.234 e. The molecule has 0 fully saturated rings. The number of hydrogen-bond donors (Lipinski definition) is 0. The monoisotopic (exact) mass is 774 g/mol. The Morgan fingerprint density at radius 3 is 1.56 bits per heavy atom. The minimum atomic E-state index is 0.853. The van der Waals surface area contributed by atoms with Crippen LogP contribution in [0.2, 0.25) is 0 Å². The largest absolute Gasteiger partial charge is 0.397 e. The predicted octanol–water partition coefficient (Wildman–Crippen LogP) is 12.7. The van der Waals surface area contributed by atoms with E-state index in [-0.39, 0.29) is 0 Å². The van der Waals surface area contributed by atoms with Crippen molar-refractivity contribution >= 4 is 51.1 Å². The summed E-state index contributed by atoms with van der Waals surface area (Å²) in [6.07, 6.45) is 3.99. The van der Waals surface area contributed by atoms with Gasteiger partial charge in [0.2, 0.25) is 7.98 Å². The number of halogens is 2. The Balaban J connectivity index is 1.36. The molecule has 0 N–H and O–H groups in total. The summed E-state index contributed by atoms with van der Waals surface area (Å²) in [7, 11) is 7.18. The lowest BCUT2D eigenvalue weighted by Gasteiger charge is -2.18. The molecule has 0 amide bonds. The molecule has 5 aromatic carbocycles. The van der Waals surface area contributed by atoms with Crippen molar-refractivity contribution in [2.24, 2.45) is 4.99 Å². The zero-order chi connectivity index (χ0) is 34.9. The maximum absolute atomic E-state index is 7.18. The Hall–Kier alpha value is -4.45. The van der Waals surface area contributed by atoms with Crippen LogP contribution in [0.3, 0.4) is 0 Å². The van der Waals surface area contributed by atoms with Gasteiger partial charge in [-0.05, 0) is 119 Å². The zero-order valence-electron chi connectivity index (χ0n) is 28.8. The van der Waals surface area contributed by atoms with E-state index >= 15 is 0 Å². The number of aryl methyl sites for hydroxylation is 3. The predicted molar refractivity (Wildman–Crippen MR) is 220 cm³/mol. The van der Waals surface area contributed by atoms with E-state index in [1.807, 2.05) is 4.48 Å². The van der Waals surface area contributed by atoms with Crippen molar-refractivity contribution in [3.05, 3.63) is 181 Å². The molecule has 6 aromatic rings. The average molecular weight is 776 g/mol. The summed E-state index contributed by atoms with van der Waals surface area (Å²) in [5.41, 5.74) is 17.9. The van der Waals surface area contributed by atoms with Crippen LogP contribution in [-0.4, -0.2) is 18.2 Å². The summed E-state index contributed by atoms with van der Waals surface area (Å²) in [5, 5.41) is 0. The van der Waals surface area contributed by atoms with Gasteiger partial charge in [0.1, 0.15) is 0 Å². The van der Waals surface area contributed by atoms with Gasteiger partial charge in [-0.1, -0.05) is 137 Å². The standard InChI is InChI=1S/C45H37BBr2N2/c1-5-30-26-40(49-44(30)36-14-10-32(11-15-36)34-18-22-38(47)23-19-34)43(42-28(3)8-7-9-29(42)4)41-27-31(6-2)45(50(41)46)37-16-12-33(13-17-37)35-20-24-39(48)25-21-35/h7-27H,5-6H2,1-4H3/b43-40+. The third kappa shape index (κ3) is 6.57. The first kappa shape index (κ1) is 34.0. The first-order valence-corrected chi connectivity index (χ1v) is 18.7. The smallest absolute Gasteiger partial charge is 0.234 e. The molecule has 2 radical (unpaired) electrons. The summed E-state index contributed by atoms with van der Waals surface area (Å²) in [6.45, 7) is 8.76. The van der Waals surface area contributed by atoms with Gasteiger partial charge in [0.25, 0.3) is 0 Å². The van der Waals surface area contributed by atoms with E-state index in [1.54, 1.807) is 0 Å². The number of nitrogens with zero attached hydrogens (tertiary/aromatic N) is 2. The number of benzene rings is 5. The molecule has 244 valence electrons. The Morgan fingerprint density at radius 1 is 0.620 bits per heavy atom. The molecule has 7 rings (SSSR count). The zero-order valence-corrected chi connectivity index (χ0v) is 31.9. The molecule has 0 atom stereocenters. The number of rotatable bonds is 8. The summed E-state index contributed by atoms with van der Waals surface area (Å²) in [6, 6.07) is 43.1. The first-order valence-electron chi connectivity index (χ1n) is 17.1. The highest BCUT2D eigenvalue weighted by molar-refractivity contribution is 9.10. The second kappa shape index (κ2) is 14.4. The first-order chi connectivity index (χ1) is 24.2. The fourth-order valence-corrected chi connectivity index (χ4v) is 7.52. The molecule has 0 saturated carbocycles. The van der Waals surface area contributed by atoms with Gasteiger partial charge >= 0.3 is 0 Å². The molecule has 50 heavy (non-hydrogen) atoms. The Bertz CT molecular complexity index is 2270. The van der Waals surface area contributed by atoms with Gasteiger partial charge in [0.15, 0.2) is 0 Å². The lowest BCUT2D eigenvalue weighted by atomic mass is 9.91. The molecule has 2 heterocycles. The Morgan fingerprint density at radius 2 is 1.08 bits per heavy atom. The van der Waals surface area contributed by atoms with Crippen molar-refractivity contribution in [1.29, 1.82) is 0 Å². The average Bonchev–Trinajstić information content (AvgIpc) is 3.71. The number of allylic oxidation sites excluding steroid dienone is 2. The molecule has 1 aromatic heterocycles. The van der Waals surface area contributed by atoms with Crippen molar-refractivity contribution in [1.82, 2.24) is 4.48 Å². The fraction of sp³-hybridized carbons (Fsp3) is 0.133. The van der Waals surface area contributed by atoms with Crippen LogP contribution in [0.5, 0.6) is 0 Å². The lowest BCUT2D eigenvalue weighted by molar-refractivity contribution is 1.13. The van der Waals surface area contributed by atoms with Gasteiger partial charge in [-0.15, -0.1) is 0 Å². The van der Waals surface area contributed by atoms with E-state index in [4.69, 9.17) is 13.0 Å². The van der Waals surface area contributed by atoms with E-state index < -0.39 is 0 Å². The highest BCUT2D eigenvalue weighted by Gasteiger charge is 2.25. The molecular weight excluding hydrogens is 739 g/mol. The molecule has 0 unspecified atom stereocenters. The molecule has 0 aliphatic carbocycles. The second-order valence-corrected chi connectivity index (χ2v) is 14.6. The van der Waals surface area contributed by atoms with Crippen LogP contribution in [-0.2, 0) is 6.42 Å². The third-order valence-electron chi connectivity index (χ3n) is 9.64. The molecular formula is C45H37BBr2N2. The Labute approximate surface area is 314 Å². The van der Waals surface area contributed by atoms with Crippen molar-refractivity contribution < 1.29 is 0 Å². The van der Waals surface area contributed by atoms with Gasteiger partial charge in [-0.25, -0.2) is 4.99 Å². The summed E-state index contributed by atoms with van der Waals surface area (Å²) >= 11 is 7.10. The number of aliphatic imine (C=N–C) groups is 1. The van der Waals surface area contributed by atoms with E-state index in [0.29, 0.717) is 0 Å². The third-order valence-corrected chi connectivity index (χ3v) is 10.7. The summed E-state index contributed by atoms with van der Waals surface area (Å²) in [4.78, 5) is 5.42. The van der Waals surface area contributed by atoms with Crippen LogP contribution in [0, 0.1) is 13.8 Å². The van der Waals surface area contributed by atoms with Crippen LogP contribution < -0.4 is 0 Å². The molecule has 1 aliphatic rings. The SMILES string of the molecule is [B]n1c(/C(=C2/C=C(CC)C(c3ccc(-c4ccc(Br)cc4)cc3)=N2)c2c(C)cccc2C)cc(CC)c1-c1ccc(-c2ccc(Br)cc2)cc1. The van der Waals surface area contributed by atoms with E-state index in [2.05, 4.69) is 187 Å². The summed E-state index contributed by atoms with van der Waals surface area (Å²) in [5.74, 6) is 0. The Kier molecular flexibility index (Phi) is 9.81. The fourth-order valence-electron chi connectivity index (χ4n) is 6.99. The van der Waals surface area contributed by atoms with Gasteiger partial charge in [-0.2, -0.15) is 0 Å². The van der Waals surface area contributed by atoms with Crippen LogP contribution in [0.1, 0.15) is 53.8 Å². The van der Waals surface area contributed by atoms with Gasteiger partial charge in [0, 0.05) is 31.5 Å². The second-order valence-electron chi connectivity index (χ2n) is 12.8. The van der Waals surface area contributed by atoms with Crippen LogP contribution >= 0.6 is 31.9 Å². The van der Waals surface area contributed by atoms with Crippen LogP contribution in [0.4, 0.5) is 0 Å². The number of aromatic nitrogens is 1. The maximum atomic E-state index is 7.18. The normalized spacial score (nSPS) is 13.7. The van der Waals surface area contributed by atoms with Crippen LogP contribution in [0.15, 0.2) is 153 Å². The highest BCUT2D eigenvalue weighted by Crippen LogP contribution is 2.40. The lowest BCUT2D eigenvalue weighted by Crippen LogP contribution is -2.05. The molecule has 1 aliphatic heterocycles. The molecule has 0 saturated heterocycles. The molecule has 0 spiro atoms. The van der Waals surface area contributed by atoms with Gasteiger partial charge in [-0.3, -0.25) is 0 Å². The van der Waals surface area contributed by atoms with Crippen molar-refractivity contribution in [2.75, 3.05) is 0 Å². The van der Waals surface area contributed by atoms with Gasteiger partial charge < -0.3 is 4.48 Å². The van der Waals surface area contributed by atoms with E-state index in [1.165, 1.54) is 50.1 Å². The van der Waals surface area contributed by atoms with Crippen LogP contribution in [0.25, 0.3) is 39.1 Å². The number of hydrogen-bond acceptors (Lipinski definition) is 1. The van der Waals surface area contributed by atoms with E-state index in [0.717, 1.165) is 61.3 Å². The van der Waals surface area contributed by atoms with Crippen molar-refractivity contribution in [2.45, 2.75) is 40.5 Å². The highest BCUT2D eigenvalue weighted by atomic mass is 79.9. The quantitative estimate of drug-likeness (QED) is 0.137.